The smallest absolute Gasteiger partial charge is 0.164 e. The van der Waals surface area contributed by atoms with Crippen molar-refractivity contribution in [3.8, 4) is 51.0 Å². The van der Waals surface area contributed by atoms with E-state index in [9.17, 15) is 0 Å². The van der Waals surface area contributed by atoms with E-state index in [-0.39, 0.29) is 0 Å². The maximum absolute atomic E-state index is 6.25. The average molecular weight is 691 g/mol. The van der Waals surface area contributed by atoms with Crippen LogP contribution in [0.15, 0.2) is 186 Å². The molecule has 3 heterocycles. The summed E-state index contributed by atoms with van der Waals surface area (Å²) in [4.78, 5) is 15.4. The molecule has 0 saturated carbocycles. The quantitative estimate of drug-likeness (QED) is 0.180. The Labute approximate surface area is 310 Å². The van der Waals surface area contributed by atoms with Gasteiger partial charge in [-0.3, -0.25) is 0 Å². The molecule has 0 unspecified atom stereocenters. The Morgan fingerprint density at radius 1 is 0.370 bits per heavy atom. The molecule has 5 heteroatoms. The summed E-state index contributed by atoms with van der Waals surface area (Å²) in [6.45, 7) is 0. The van der Waals surface area contributed by atoms with Crippen LogP contribution in [0.5, 0.6) is 0 Å². The van der Waals surface area contributed by atoms with Crippen LogP contribution < -0.4 is 0 Å². The van der Waals surface area contributed by atoms with Gasteiger partial charge in [0.2, 0.25) is 0 Å². The maximum Gasteiger partial charge on any atom is 0.164 e. The Kier molecular flexibility index (Phi) is 6.79. The topological polar surface area (TPSA) is 56.7 Å². The lowest BCUT2D eigenvalue weighted by Crippen LogP contribution is -2.00. The van der Waals surface area contributed by atoms with E-state index < -0.39 is 0 Å². The van der Waals surface area contributed by atoms with Gasteiger partial charge in [0.15, 0.2) is 17.5 Å². The van der Waals surface area contributed by atoms with E-state index >= 15 is 0 Å². The monoisotopic (exact) mass is 690 g/mol. The van der Waals surface area contributed by atoms with Crippen molar-refractivity contribution in [1.29, 1.82) is 0 Å². The van der Waals surface area contributed by atoms with Gasteiger partial charge in [0.05, 0.1) is 11.0 Å². The van der Waals surface area contributed by atoms with Crippen LogP contribution in [0.3, 0.4) is 0 Å². The second-order valence-corrected chi connectivity index (χ2v) is 13.6. The molecule has 11 rings (SSSR count). The molecule has 0 saturated heterocycles. The number of hydrogen-bond donors (Lipinski definition) is 0. The molecule has 0 fully saturated rings. The normalized spacial score (nSPS) is 11.7. The number of furan rings is 1. The first-order valence-electron chi connectivity index (χ1n) is 18.1. The van der Waals surface area contributed by atoms with E-state index in [1.807, 2.05) is 30.3 Å². The van der Waals surface area contributed by atoms with Crippen LogP contribution in [-0.4, -0.2) is 19.5 Å². The molecule has 0 amide bonds. The van der Waals surface area contributed by atoms with Gasteiger partial charge >= 0.3 is 0 Å². The lowest BCUT2D eigenvalue weighted by Gasteiger charge is -2.12. The van der Waals surface area contributed by atoms with Gasteiger partial charge in [-0.2, -0.15) is 0 Å². The van der Waals surface area contributed by atoms with Crippen LogP contribution in [0.4, 0.5) is 0 Å². The molecule has 5 nitrogen and oxygen atoms in total. The fourth-order valence-electron chi connectivity index (χ4n) is 7.88. The van der Waals surface area contributed by atoms with Crippen LogP contribution in [0, 0.1) is 0 Å². The number of rotatable bonds is 5. The van der Waals surface area contributed by atoms with Gasteiger partial charge in [0.1, 0.15) is 11.2 Å². The van der Waals surface area contributed by atoms with Crippen molar-refractivity contribution in [2.24, 2.45) is 0 Å². The van der Waals surface area contributed by atoms with Gasteiger partial charge < -0.3 is 8.98 Å². The molecule has 0 aliphatic rings. The SMILES string of the molecule is c1cc(-c2ccc(-c3nc(-c4ccc5ccccc5c4)nc(-c4cccc5oc6ccccc6c45)n3)cc2)cc(-n2c3ccccc3c3ccccc32)c1. The first kappa shape index (κ1) is 30.3. The van der Waals surface area contributed by atoms with Crippen molar-refractivity contribution in [3.05, 3.63) is 182 Å². The third-order valence-electron chi connectivity index (χ3n) is 10.4. The molecule has 252 valence electrons. The number of hydrogen-bond acceptors (Lipinski definition) is 4. The highest BCUT2D eigenvalue weighted by Crippen LogP contribution is 2.37. The van der Waals surface area contributed by atoms with Crippen LogP contribution in [0.1, 0.15) is 0 Å². The fourth-order valence-corrected chi connectivity index (χ4v) is 7.88. The molecule has 3 aromatic heterocycles. The minimum absolute atomic E-state index is 0.600. The zero-order valence-corrected chi connectivity index (χ0v) is 29.0. The molecule has 8 aromatic carbocycles. The highest BCUT2D eigenvalue weighted by atomic mass is 16.3. The third-order valence-corrected chi connectivity index (χ3v) is 10.4. The summed E-state index contributed by atoms with van der Waals surface area (Å²) in [5.74, 6) is 1.83. The lowest BCUT2D eigenvalue weighted by atomic mass is 10.0. The second kappa shape index (κ2) is 12.1. The molecule has 54 heavy (non-hydrogen) atoms. The van der Waals surface area contributed by atoms with Crippen LogP contribution in [0.25, 0.3) is 105 Å². The Balaban J connectivity index is 1.04. The third kappa shape index (κ3) is 4.90. The van der Waals surface area contributed by atoms with E-state index in [1.54, 1.807) is 0 Å². The molecule has 11 aromatic rings. The van der Waals surface area contributed by atoms with E-state index in [2.05, 4.69) is 156 Å². The van der Waals surface area contributed by atoms with Crippen molar-refractivity contribution in [2.75, 3.05) is 0 Å². The number of benzene rings is 8. The molecule has 0 spiro atoms. The van der Waals surface area contributed by atoms with Crippen LogP contribution in [-0.2, 0) is 0 Å². The number of fused-ring (bicyclic) bond motifs is 7. The lowest BCUT2D eigenvalue weighted by molar-refractivity contribution is 0.669. The van der Waals surface area contributed by atoms with Gasteiger partial charge in [-0.25, -0.2) is 15.0 Å². The number of nitrogens with zero attached hydrogens (tertiary/aromatic N) is 4. The van der Waals surface area contributed by atoms with Crippen molar-refractivity contribution in [1.82, 2.24) is 19.5 Å². The summed E-state index contributed by atoms with van der Waals surface area (Å²) in [5.41, 5.74) is 10.1. The highest BCUT2D eigenvalue weighted by Gasteiger charge is 2.18. The van der Waals surface area contributed by atoms with Gasteiger partial charge in [0, 0.05) is 43.9 Å². The Hall–Kier alpha value is -7.37. The fraction of sp³-hybridized carbons (Fsp3) is 0. The predicted octanol–water partition coefficient (Wildman–Crippen LogP) is 12.7. The molecule has 0 aliphatic heterocycles. The standard InChI is InChI=1S/C49H30N4O/c1-2-12-34-29-36(28-25-31(34)11-1)48-50-47(51-49(52-48)41-18-10-22-45-46(41)40-17-5-8-21-44(40)54-45)33-26-23-32(24-27-33)35-13-9-14-37(30-35)53-42-19-6-3-15-38(42)39-16-4-7-20-43(39)53/h1-30H. The van der Waals surface area contributed by atoms with Crippen LogP contribution >= 0.6 is 0 Å². The molecular weight excluding hydrogens is 661 g/mol. The zero-order chi connectivity index (χ0) is 35.6. The minimum Gasteiger partial charge on any atom is -0.456 e. The molecular formula is C49H30N4O. The molecule has 0 bridgehead atoms. The number of para-hydroxylation sites is 3. The summed E-state index contributed by atoms with van der Waals surface area (Å²) >= 11 is 0. The van der Waals surface area contributed by atoms with E-state index in [1.165, 1.54) is 27.2 Å². The van der Waals surface area contributed by atoms with E-state index in [4.69, 9.17) is 19.4 Å². The first-order chi connectivity index (χ1) is 26.7. The Morgan fingerprint density at radius 3 is 1.76 bits per heavy atom. The van der Waals surface area contributed by atoms with Crippen molar-refractivity contribution in [2.45, 2.75) is 0 Å². The minimum atomic E-state index is 0.600. The van der Waals surface area contributed by atoms with Crippen LogP contribution in [0.2, 0.25) is 0 Å². The van der Waals surface area contributed by atoms with Gasteiger partial charge in [-0.1, -0.05) is 140 Å². The summed E-state index contributed by atoms with van der Waals surface area (Å²) in [5, 5.41) is 6.83. The molecule has 0 aliphatic carbocycles. The maximum atomic E-state index is 6.25. The predicted molar refractivity (Wildman–Crippen MR) is 221 cm³/mol. The van der Waals surface area contributed by atoms with Crippen molar-refractivity contribution in [3.63, 3.8) is 0 Å². The first-order valence-corrected chi connectivity index (χ1v) is 18.1. The summed E-state index contributed by atoms with van der Waals surface area (Å²) < 4.78 is 8.60. The largest absolute Gasteiger partial charge is 0.456 e. The summed E-state index contributed by atoms with van der Waals surface area (Å²) in [7, 11) is 0. The molecule has 0 atom stereocenters. The molecule has 0 N–H and O–H groups in total. The Bertz CT molecular complexity index is 3170. The summed E-state index contributed by atoms with van der Waals surface area (Å²) in [6, 6.07) is 63.4. The van der Waals surface area contributed by atoms with Crippen molar-refractivity contribution >= 4 is 54.5 Å². The van der Waals surface area contributed by atoms with Gasteiger partial charge in [-0.15, -0.1) is 0 Å². The highest BCUT2D eigenvalue weighted by molar-refractivity contribution is 6.12. The second-order valence-electron chi connectivity index (χ2n) is 13.6. The zero-order valence-electron chi connectivity index (χ0n) is 29.0. The Morgan fingerprint density at radius 2 is 0.963 bits per heavy atom. The van der Waals surface area contributed by atoms with Gasteiger partial charge in [0.25, 0.3) is 0 Å². The summed E-state index contributed by atoms with van der Waals surface area (Å²) in [6.07, 6.45) is 0. The van der Waals surface area contributed by atoms with E-state index in [0.29, 0.717) is 17.5 Å². The molecule has 0 radical (unpaired) electrons. The average Bonchev–Trinajstić information content (AvgIpc) is 3.80. The van der Waals surface area contributed by atoms with Crippen molar-refractivity contribution < 1.29 is 4.42 Å². The van der Waals surface area contributed by atoms with Gasteiger partial charge in [-0.05, 0) is 64.4 Å². The number of aromatic nitrogens is 4. The van der Waals surface area contributed by atoms with E-state index in [0.717, 1.165) is 60.8 Å².